The van der Waals surface area contributed by atoms with Crippen LogP contribution in [0.5, 0.6) is 0 Å². The maximum Gasteiger partial charge on any atom is 0.237 e. The minimum absolute atomic E-state index is 0.0986. The molecule has 2 heterocycles. The third-order valence-electron chi connectivity index (χ3n) is 2.51. The van der Waals surface area contributed by atoms with Crippen LogP contribution < -0.4 is 10.6 Å². The van der Waals surface area contributed by atoms with E-state index < -0.39 is 0 Å². The van der Waals surface area contributed by atoms with Crippen molar-refractivity contribution in [3.63, 3.8) is 0 Å². The fourth-order valence-corrected chi connectivity index (χ4v) is 2.78. The molecule has 1 fully saturated rings. The summed E-state index contributed by atoms with van der Waals surface area (Å²) < 4.78 is 0. The Bertz CT molecular complexity index is 360. The molecule has 16 heavy (non-hydrogen) atoms. The molecule has 1 aromatic heterocycles. The van der Waals surface area contributed by atoms with E-state index in [1.807, 2.05) is 19.2 Å². The molecule has 4 nitrogen and oxygen atoms in total. The third-order valence-corrected chi connectivity index (χ3v) is 3.89. The van der Waals surface area contributed by atoms with Crippen molar-refractivity contribution in [2.75, 3.05) is 23.4 Å². The zero-order valence-corrected chi connectivity index (χ0v) is 10.0. The van der Waals surface area contributed by atoms with Gasteiger partial charge in [-0.1, -0.05) is 0 Å². The highest BCUT2D eigenvalue weighted by atomic mass is 32.2. The third kappa shape index (κ3) is 2.66. The topological polar surface area (TPSA) is 54.0 Å². The van der Waals surface area contributed by atoms with Crippen LogP contribution in [0.2, 0.25) is 0 Å². The van der Waals surface area contributed by atoms with Gasteiger partial charge in [-0.25, -0.2) is 4.98 Å². The standard InChI is InChI=1S/C11H15N3OS/c1-12-10-5-4-8(7-13-10)14-11(15)9-3-2-6-16-9/h4-5,7,9H,2-3,6H2,1H3,(H,12,13)(H,14,15). The SMILES string of the molecule is CNc1ccc(NC(=O)C2CCCS2)cn1. The van der Waals surface area contributed by atoms with Crippen molar-refractivity contribution < 1.29 is 4.79 Å². The number of amides is 1. The number of aromatic nitrogens is 1. The summed E-state index contributed by atoms with van der Waals surface area (Å²) in [5, 5.41) is 5.93. The van der Waals surface area contributed by atoms with Crippen LogP contribution in [0.15, 0.2) is 18.3 Å². The first-order valence-electron chi connectivity index (χ1n) is 5.36. The number of carbonyl (C=O) groups excluding carboxylic acids is 1. The van der Waals surface area contributed by atoms with Gasteiger partial charge >= 0.3 is 0 Å². The van der Waals surface area contributed by atoms with Crippen LogP contribution in [0.25, 0.3) is 0 Å². The van der Waals surface area contributed by atoms with Gasteiger partial charge in [0.05, 0.1) is 17.1 Å². The largest absolute Gasteiger partial charge is 0.373 e. The predicted octanol–water partition coefficient (Wildman–Crippen LogP) is 1.96. The van der Waals surface area contributed by atoms with Crippen LogP contribution in [0.1, 0.15) is 12.8 Å². The average molecular weight is 237 g/mol. The molecule has 0 aromatic carbocycles. The Labute approximate surface area is 99.2 Å². The summed E-state index contributed by atoms with van der Waals surface area (Å²) in [6, 6.07) is 3.70. The van der Waals surface area contributed by atoms with Crippen molar-refractivity contribution in [3.05, 3.63) is 18.3 Å². The number of rotatable bonds is 3. The zero-order valence-electron chi connectivity index (χ0n) is 9.19. The van der Waals surface area contributed by atoms with E-state index in [1.54, 1.807) is 18.0 Å². The minimum Gasteiger partial charge on any atom is -0.373 e. The second kappa shape index (κ2) is 5.21. The predicted molar refractivity (Wildman–Crippen MR) is 67.9 cm³/mol. The molecule has 1 aromatic rings. The number of hydrogen-bond acceptors (Lipinski definition) is 4. The lowest BCUT2D eigenvalue weighted by Crippen LogP contribution is -2.22. The highest BCUT2D eigenvalue weighted by molar-refractivity contribution is 8.00. The second-order valence-corrected chi connectivity index (χ2v) is 4.98. The number of pyridine rings is 1. The molecule has 0 spiro atoms. The van der Waals surface area contributed by atoms with Crippen molar-refractivity contribution in [1.29, 1.82) is 0 Å². The molecule has 1 atom stereocenters. The van der Waals surface area contributed by atoms with Crippen molar-refractivity contribution in [2.45, 2.75) is 18.1 Å². The van der Waals surface area contributed by atoms with E-state index in [4.69, 9.17) is 0 Å². The van der Waals surface area contributed by atoms with Crippen LogP contribution in [0.3, 0.4) is 0 Å². The zero-order chi connectivity index (χ0) is 11.4. The smallest absolute Gasteiger partial charge is 0.237 e. The number of nitrogens with zero attached hydrogens (tertiary/aromatic N) is 1. The average Bonchev–Trinajstić information content (AvgIpc) is 2.83. The maximum atomic E-state index is 11.8. The number of hydrogen-bond donors (Lipinski definition) is 2. The van der Waals surface area contributed by atoms with Crippen LogP contribution in [0.4, 0.5) is 11.5 Å². The Balaban J connectivity index is 1.94. The molecule has 0 radical (unpaired) electrons. The van der Waals surface area contributed by atoms with Gasteiger partial charge in [0.15, 0.2) is 0 Å². The molecular weight excluding hydrogens is 222 g/mol. The van der Waals surface area contributed by atoms with E-state index in [9.17, 15) is 4.79 Å². The molecule has 1 aliphatic rings. The monoisotopic (exact) mass is 237 g/mol. The molecule has 1 aliphatic heterocycles. The van der Waals surface area contributed by atoms with Crippen molar-refractivity contribution >= 4 is 29.2 Å². The Morgan fingerprint density at radius 2 is 2.44 bits per heavy atom. The molecule has 2 rings (SSSR count). The summed E-state index contributed by atoms with van der Waals surface area (Å²) in [4.78, 5) is 15.9. The van der Waals surface area contributed by atoms with Crippen LogP contribution >= 0.6 is 11.8 Å². The van der Waals surface area contributed by atoms with E-state index in [0.717, 1.165) is 30.1 Å². The van der Waals surface area contributed by atoms with Gasteiger partial charge in [0.1, 0.15) is 5.82 Å². The molecule has 1 amide bonds. The summed E-state index contributed by atoms with van der Waals surface area (Å²) in [5.41, 5.74) is 0.761. The van der Waals surface area contributed by atoms with Gasteiger partial charge in [-0.05, 0) is 30.7 Å². The van der Waals surface area contributed by atoms with Crippen molar-refractivity contribution in [1.82, 2.24) is 4.98 Å². The lowest BCUT2D eigenvalue weighted by molar-refractivity contribution is -0.115. The summed E-state index contributed by atoms with van der Waals surface area (Å²) in [6.07, 6.45) is 3.79. The second-order valence-electron chi connectivity index (χ2n) is 3.67. The van der Waals surface area contributed by atoms with Crippen molar-refractivity contribution in [2.24, 2.45) is 0 Å². The van der Waals surface area contributed by atoms with Gasteiger partial charge in [-0.3, -0.25) is 4.79 Å². The highest BCUT2D eigenvalue weighted by Crippen LogP contribution is 2.27. The van der Waals surface area contributed by atoms with Gasteiger partial charge < -0.3 is 10.6 Å². The number of carbonyl (C=O) groups is 1. The van der Waals surface area contributed by atoms with Gasteiger partial charge in [0, 0.05) is 7.05 Å². The quantitative estimate of drug-likeness (QED) is 0.843. The van der Waals surface area contributed by atoms with E-state index in [0.29, 0.717) is 0 Å². The lowest BCUT2D eigenvalue weighted by Gasteiger charge is -2.09. The van der Waals surface area contributed by atoms with E-state index in [2.05, 4.69) is 15.6 Å². The fourth-order valence-electron chi connectivity index (χ4n) is 1.62. The van der Waals surface area contributed by atoms with Crippen LogP contribution in [0, 0.1) is 0 Å². The molecule has 5 heteroatoms. The van der Waals surface area contributed by atoms with Gasteiger partial charge in [-0.15, -0.1) is 11.8 Å². The molecule has 1 unspecified atom stereocenters. The number of thioether (sulfide) groups is 1. The van der Waals surface area contributed by atoms with E-state index in [1.165, 1.54) is 0 Å². The molecule has 1 saturated heterocycles. The van der Waals surface area contributed by atoms with E-state index in [-0.39, 0.29) is 11.2 Å². The first-order valence-corrected chi connectivity index (χ1v) is 6.41. The summed E-state index contributed by atoms with van der Waals surface area (Å²) >= 11 is 1.73. The summed E-state index contributed by atoms with van der Waals surface area (Å²) in [7, 11) is 1.82. The highest BCUT2D eigenvalue weighted by Gasteiger charge is 2.23. The first-order chi connectivity index (χ1) is 7.79. The molecular formula is C11H15N3OS. The number of nitrogens with one attached hydrogen (secondary N) is 2. The Kier molecular flexibility index (Phi) is 3.66. The lowest BCUT2D eigenvalue weighted by atomic mass is 10.2. The summed E-state index contributed by atoms with van der Waals surface area (Å²) in [6.45, 7) is 0. The Morgan fingerprint density at radius 3 is 3.00 bits per heavy atom. The number of anilines is 2. The van der Waals surface area contributed by atoms with Gasteiger partial charge in [0.25, 0.3) is 0 Å². The van der Waals surface area contributed by atoms with Gasteiger partial charge in [-0.2, -0.15) is 0 Å². The van der Waals surface area contributed by atoms with Crippen LogP contribution in [-0.4, -0.2) is 28.9 Å². The Hall–Kier alpha value is -1.23. The van der Waals surface area contributed by atoms with E-state index >= 15 is 0 Å². The first kappa shape index (κ1) is 11.3. The molecule has 0 aliphatic carbocycles. The maximum absolute atomic E-state index is 11.8. The van der Waals surface area contributed by atoms with Gasteiger partial charge in [0.2, 0.25) is 5.91 Å². The minimum atomic E-state index is 0.0986. The molecule has 2 N–H and O–H groups in total. The summed E-state index contributed by atoms with van der Waals surface area (Å²) in [5.74, 6) is 1.99. The normalized spacial score (nSPS) is 19.4. The Morgan fingerprint density at radius 1 is 1.56 bits per heavy atom. The van der Waals surface area contributed by atoms with Crippen LogP contribution in [-0.2, 0) is 4.79 Å². The molecule has 86 valence electrons. The van der Waals surface area contributed by atoms with Crippen molar-refractivity contribution in [3.8, 4) is 0 Å². The molecule has 0 bridgehead atoms. The molecule has 0 saturated carbocycles. The fraction of sp³-hybridized carbons (Fsp3) is 0.455.